The van der Waals surface area contributed by atoms with E-state index in [1.165, 1.54) is 0 Å². The lowest BCUT2D eigenvalue weighted by atomic mass is 10.1. The summed E-state index contributed by atoms with van der Waals surface area (Å²) in [5.74, 6) is 0.646. The number of aromatic nitrogens is 1. The molecule has 4 rings (SSSR count). The summed E-state index contributed by atoms with van der Waals surface area (Å²) in [6.45, 7) is 4.42. The van der Waals surface area contributed by atoms with Crippen LogP contribution in [0.25, 0.3) is 20.8 Å². The summed E-state index contributed by atoms with van der Waals surface area (Å²) in [5, 5.41) is 6.73. The number of fused-ring (bicyclic) bond motifs is 1. The second-order valence-electron chi connectivity index (χ2n) is 6.52. The standard InChI is InChI=1S/C23H21N3O2S/c1-3-28-20-10-6-4-8-18(20)26-23(27)25-17-13-12-16(14-15(17)2)22-24-19-9-5-7-11-21(19)29-22/h4-14H,3H2,1-2H3,(H2,25,26,27). The molecule has 0 bridgehead atoms. The summed E-state index contributed by atoms with van der Waals surface area (Å²) in [6.07, 6.45) is 0. The smallest absolute Gasteiger partial charge is 0.323 e. The molecular formula is C23H21N3O2S. The van der Waals surface area contributed by atoms with Crippen molar-refractivity contribution in [2.45, 2.75) is 13.8 Å². The summed E-state index contributed by atoms with van der Waals surface area (Å²) >= 11 is 1.66. The third-order valence-electron chi connectivity index (χ3n) is 4.45. The molecule has 29 heavy (non-hydrogen) atoms. The van der Waals surface area contributed by atoms with Gasteiger partial charge in [0.25, 0.3) is 0 Å². The zero-order chi connectivity index (χ0) is 20.2. The molecule has 0 atom stereocenters. The van der Waals surface area contributed by atoms with E-state index in [1.54, 1.807) is 11.3 Å². The number of amides is 2. The molecule has 0 saturated heterocycles. The molecule has 5 nitrogen and oxygen atoms in total. The number of carbonyl (C=O) groups is 1. The second-order valence-corrected chi connectivity index (χ2v) is 7.56. The van der Waals surface area contributed by atoms with Crippen molar-refractivity contribution in [2.24, 2.45) is 0 Å². The number of nitrogens with one attached hydrogen (secondary N) is 2. The highest BCUT2D eigenvalue weighted by atomic mass is 32.1. The fourth-order valence-corrected chi connectivity index (χ4v) is 4.02. The van der Waals surface area contributed by atoms with Crippen LogP contribution in [0.2, 0.25) is 0 Å². The summed E-state index contributed by atoms with van der Waals surface area (Å²) in [6, 6.07) is 21.1. The normalized spacial score (nSPS) is 10.7. The molecule has 0 aliphatic heterocycles. The molecule has 0 aliphatic carbocycles. The predicted octanol–water partition coefficient (Wildman–Crippen LogP) is 6.31. The molecule has 2 amide bonds. The van der Waals surface area contributed by atoms with Crippen molar-refractivity contribution >= 4 is 39.0 Å². The molecule has 1 aromatic heterocycles. The highest BCUT2D eigenvalue weighted by Crippen LogP contribution is 2.32. The van der Waals surface area contributed by atoms with E-state index in [0.717, 1.165) is 32.0 Å². The number of rotatable bonds is 5. The number of carbonyl (C=O) groups excluding carboxylic acids is 1. The zero-order valence-corrected chi connectivity index (χ0v) is 17.0. The molecule has 0 spiro atoms. The minimum absolute atomic E-state index is 0.312. The van der Waals surface area contributed by atoms with Crippen LogP contribution in [0.1, 0.15) is 12.5 Å². The summed E-state index contributed by atoms with van der Waals surface area (Å²) in [7, 11) is 0. The molecule has 0 fully saturated rings. The first kappa shape index (κ1) is 19.0. The van der Waals surface area contributed by atoms with Gasteiger partial charge in [-0.15, -0.1) is 11.3 Å². The van der Waals surface area contributed by atoms with Gasteiger partial charge in [-0.25, -0.2) is 9.78 Å². The maximum absolute atomic E-state index is 12.5. The van der Waals surface area contributed by atoms with Crippen LogP contribution in [0.3, 0.4) is 0 Å². The van der Waals surface area contributed by atoms with Crippen LogP contribution in [0, 0.1) is 6.92 Å². The van der Waals surface area contributed by atoms with Crippen molar-refractivity contribution in [3.8, 4) is 16.3 Å². The Labute approximate surface area is 173 Å². The van der Waals surface area contributed by atoms with E-state index < -0.39 is 0 Å². The van der Waals surface area contributed by atoms with Crippen molar-refractivity contribution in [3.63, 3.8) is 0 Å². The fourth-order valence-electron chi connectivity index (χ4n) is 3.06. The van der Waals surface area contributed by atoms with E-state index in [-0.39, 0.29) is 6.03 Å². The van der Waals surface area contributed by atoms with Gasteiger partial charge in [0, 0.05) is 11.3 Å². The van der Waals surface area contributed by atoms with Crippen LogP contribution < -0.4 is 15.4 Å². The first-order valence-electron chi connectivity index (χ1n) is 9.40. The van der Waals surface area contributed by atoms with E-state index in [1.807, 2.05) is 74.5 Å². The van der Waals surface area contributed by atoms with Gasteiger partial charge in [0.2, 0.25) is 0 Å². The number of ether oxygens (including phenoxy) is 1. The van der Waals surface area contributed by atoms with Gasteiger partial charge >= 0.3 is 6.03 Å². The van der Waals surface area contributed by atoms with Crippen LogP contribution in [-0.4, -0.2) is 17.6 Å². The molecule has 0 unspecified atom stereocenters. The average molecular weight is 404 g/mol. The van der Waals surface area contributed by atoms with Crippen LogP contribution in [0.5, 0.6) is 5.75 Å². The Kier molecular flexibility index (Phi) is 5.44. The highest BCUT2D eigenvalue weighted by Gasteiger charge is 2.11. The van der Waals surface area contributed by atoms with Gasteiger partial charge in [-0.1, -0.05) is 24.3 Å². The molecule has 146 valence electrons. The van der Waals surface area contributed by atoms with Gasteiger partial charge in [0.1, 0.15) is 10.8 Å². The number of nitrogens with zero attached hydrogens (tertiary/aromatic N) is 1. The number of para-hydroxylation sites is 3. The Morgan fingerprint density at radius 1 is 1.00 bits per heavy atom. The quantitative estimate of drug-likeness (QED) is 0.410. The molecule has 0 aliphatic rings. The maximum Gasteiger partial charge on any atom is 0.323 e. The number of aryl methyl sites for hydroxylation is 1. The third kappa shape index (κ3) is 4.22. The number of hydrogen-bond acceptors (Lipinski definition) is 4. The molecule has 6 heteroatoms. The van der Waals surface area contributed by atoms with Gasteiger partial charge in [0.05, 0.1) is 22.5 Å². The van der Waals surface area contributed by atoms with Crippen LogP contribution in [-0.2, 0) is 0 Å². The molecule has 1 heterocycles. The summed E-state index contributed by atoms with van der Waals surface area (Å²) in [4.78, 5) is 17.2. The Morgan fingerprint density at radius 2 is 1.76 bits per heavy atom. The van der Waals surface area contributed by atoms with Gasteiger partial charge in [-0.05, 0) is 61.9 Å². The van der Waals surface area contributed by atoms with Crippen LogP contribution in [0.4, 0.5) is 16.2 Å². The van der Waals surface area contributed by atoms with Crippen molar-refractivity contribution in [2.75, 3.05) is 17.2 Å². The Morgan fingerprint density at radius 3 is 2.55 bits per heavy atom. The van der Waals surface area contributed by atoms with Crippen LogP contribution in [0.15, 0.2) is 66.7 Å². The lowest BCUT2D eigenvalue weighted by Gasteiger charge is -2.13. The average Bonchev–Trinajstić information content (AvgIpc) is 3.15. The second kappa shape index (κ2) is 8.32. The Balaban J connectivity index is 1.50. The lowest BCUT2D eigenvalue weighted by Crippen LogP contribution is -2.20. The Hall–Kier alpha value is -3.38. The third-order valence-corrected chi connectivity index (χ3v) is 5.54. The molecule has 0 saturated carbocycles. The first-order valence-corrected chi connectivity index (χ1v) is 10.2. The maximum atomic E-state index is 12.5. The highest BCUT2D eigenvalue weighted by molar-refractivity contribution is 7.21. The minimum atomic E-state index is -0.312. The van der Waals surface area contributed by atoms with Crippen molar-refractivity contribution in [3.05, 3.63) is 72.3 Å². The van der Waals surface area contributed by atoms with E-state index in [0.29, 0.717) is 18.0 Å². The van der Waals surface area contributed by atoms with Crippen LogP contribution >= 0.6 is 11.3 Å². The zero-order valence-electron chi connectivity index (χ0n) is 16.2. The van der Waals surface area contributed by atoms with E-state index >= 15 is 0 Å². The fraction of sp³-hybridized carbons (Fsp3) is 0.130. The van der Waals surface area contributed by atoms with E-state index in [4.69, 9.17) is 9.72 Å². The van der Waals surface area contributed by atoms with Crippen molar-refractivity contribution in [1.82, 2.24) is 4.98 Å². The SMILES string of the molecule is CCOc1ccccc1NC(=O)Nc1ccc(-c2nc3ccccc3s2)cc1C. The largest absolute Gasteiger partial charge is 0.492 e. The minimum Gasteiger partial charge on any atom is -0.492 e. The Bertz CT molecular complexity index is 1140. The number of urea groups is 1. The molecular weight excluding hydrogens is 382 g/mol. The topological polar surface area (TPSA) is 63.2 Å². The van der Waals surface area contributed by atoms with E-state index in [9.17, 15) is 4.79 Å². The van der Waals surface area contributed by atoms with Gasteiger partial charge < -0.3 is 15.4 Å². The molecule has 2 N–H and O–H groups in total. The molecule has 0 radical (unpaired) electrons. The lowest BCUT2D eigenvalue weighted by molar-refractivity contribution is 0.262. The molecule has 4 aromatic rings. The van der Waals surface area contributed by atoms with Gasteiger partial charge in [0.15, 0.2) is 0 Å². The van der Waals surface area contributed by atoms with Crippen molar-refractivity contribution < 1.29 is 9.53 Å². The predicted molar refractivity (Wildman–Crippen MR) is 120 cm³/mol. The van der Waals surface area contributed by atoms with Crippen molar-refractivity contribution in [1.29, 1.82) is 0 Å². The summed E-state index contributed by atoms with van der Waals surface area (Å²) in [5.41, 5.74) is 4.39. The summed E-state index contributed by atoms with van der Waals surface area (Å²) < 4.78 is 6.71. The van der Waals surface area contributed by atoms with Gasteiger partial charge in [-0.2, -0.15) is 0 Å². The van der Waals surface area contributed by atoms with Gasteiger partial charge in [-0.3, -0.25) is 0 Å². The number of benzene rings is 3. The first-order chi connectivity index (χ1) is 14.1. The number of thiazole rings is 1. The monoisotopic (exact) mass is 403 g/mol. The number of anilines is 2. The molecule has 3 aromatic carbocycles. The van der Waals surface area contributed by atoms with E-state index in [2.05, 4.69) is 16.7 Å². The number of hydrogen-bond donors (Lipinski definition) is 2.